The Labute approximate surface area is 171 Å². The smallest absolute Gasteiger partial charge is 0.257 e. The Morgan fingerprint density at radius 1 is 1.21 bits per heavy atom. The van der Waals surface area contributed by atoms with Crippen LogP contribution >= 0.6 is 12.4 Å². The van der Waals surface area contributed by atoms with Crippen LogP contribution in [0.1, 0.15) is 29.3 Å². The van der Waals surface area contributed by atoms with Crippen LogP contribution in [0.5, 0.6) is 11.5 Å². The number of ether oxygens (including phenoxy) is 2. The summed E-state index contributed by atoms with van der Waals surface area (Å²) >= 11 is 0. The van der Waals surface area contributed by atoms with Crippen LogP contribution in [0.15, 0.2) is 42.5 Å². The van der Waals surface area contributed by atoms with Crippen molar-refractivity contribution >= 4 is 18.3 Å². The molecule has 0 aliphatic carbocycles. The van der Waals surface area contributed by atoms with Gasteiger partial charge in [-0.2, -0.15) is 0 Å². The largest absolute Gasteiger partial charge is 0.457 e. The van der Waals surface area contributed by atoms with Gasteiger partial charge in [0.15, 0.2) is 0 Å². The van der Waals surface area contributed by atoms with Crippen molar-refractivity contribution in [3.63, 3.8) is 0 Å². The van der Waals surface area contributed by atoms with Crippen LogP contribution in [0.4, 0.5) is 4.39 Å². The minimum atomic E-state index is -0.550. The molecule has 0 aromatic heterocycles. The molecule has 1 atom stereocenters. The van der Waals surface area contributed by atoms with E-state index in [0.717, 1.165) is 18.4 Å². The topological polar surface area (TPSA) is 64.8 Å². The van der Waals surface area contributed by atoms with Gasteiger partial charge in [-0.25, -0.2) is 4.39 Å². The van der Waals surface area contributed by atoms with Gasteiger partial charge in [0, 0.05) is 19.7 Å². The number of likely N-dealkylation sites (tertiary alicyclic amines) is 1. The van der Waals surface area contributed by atoms with E-state index in [1.165, 1.54) is 18.2 Å². The van der Waals surface area contributed by atoms with Gasteiger partial charge in [-0.05, 0) is 62.2 Å². The Kier molecular flexibility index (Phi) is 8.23. The molecule has 2 aromatic rings. The molecule has 1 aliphatic rings. The number of nitrogens with zero attached hydrogens (tertiary/aromatic N) is 1. The highest BCUT2D eigenvalue weighted by Gasteiger charge is 2.28. The Balaban J connectivity index is 0.00000280. The van der Waals surface area contributed by atoms with Crippen LogP contribution in [0, 0.1) is 5.82 Å². The molecule has 152 valence electrons. The maximum Gasteiger partial charge on any atom is 0.257 e. The van der Waals surface area contributed by atoms with Crippen molar-refractivity contribution in [3.8, 4) is 11.5 Å². The fourth-order valence-corrected chi connectivity index (χ4v) is 3.21. The molecule has 7 heteroatoms. The number of halogens is 2. The van der Waals surface area contributed by atoms with Crippen LogP contribution in [0.3, 0.4) is 0 Å². The quantitative estimate of drug-likeness (QED) is 0.757. The zero-order valence-corrected chi connectivity index (χ0v) is 16.7. The molecular weight excluding hydrogens is 383 g/mol. The molecule has 1 aliphatic heterocycles. The standard InChI is InChI=1S/C21H25FN2O3.ClH/c1-2-26-18-10-12-24(14-18)21(25)19-13-17(7-8-20(19)22)27-16-5-3-15(4-6-16)9-11-23;/h3-8,13,18H,2,9-12,14,23H2,1H3;1H. The van der Waals surface area contributed by atoms with Gasteiger partial charge in [0.25, 0.3) is 5.91 Å². The molecule has 28 heavy (non-hydrogen) atoms. The molecule has 1 fully saturated rings. The highest BCUT2D eigenvalue weighted by molar-refractivity contribution is 5.95. The van der Waals surface area contributed by atoms with Crippen molar-refractivity contribution in [2.45, 2.75) is 25.9 Å². The summed E-state index contributed by atoms with van der Waals surface area (Å²) in [5.41, 5.74) is 6.69. The Morgan fingerprint density at radius 2 is 1.93 bits per heavy atom. The number of amides is 1. The highest BCUT2D eigenvalue weighted by Crippen LogP contribution is 2.26. The molecule has 0 bridgehead atoms. The lowest BCUT2D eigenvalue weighted by Gasteiger charge is -2.17. The van der Waals surface area contributed by atoms with Crippen LogP contribution in [-0.2, 0) is 11.2 Å². The first kappa shape index (κ1) is 22.1. The number of carbonyl (C=O) groups excluding carboxylic acids is 1. The Bertz CT molecular complexity index is 786. The molecular formula is C21H26ClFN2O3. The van der Waals surface area contributed by atoms with E-state index in [4.69, 9.17) is 15.2 Å². The predicted molar refractivity (Wildman–Crippen MR) is 109 cm³/mol. The van der Waals surface area contributed by atoms with E-state index in [-0.39, 0.29) is 30.0 Å². The van der Waals surface area contributed by atoms with Crippen molar-refractivity contribution in [1.29, 1.82) is 0 Å². The molecule has 5 nitrogen and oxygen atoms in total. The fourth-order valence-electron chi connectivity index (χ4n) is 3.21. The maximum atomic E-state index is 14.2. The third-order valence-electron chi connectivity index (χ3n) is 4.59. The highest BCUT2D eigenvalue weighted by atomic mass is 35.5. The van der Waals surface area contributed by atoms with Gasteiger partial charge in [-0.15, -0.1) is 12.4 Å². The van der Waals surface area contributed by atoms with E-state index in [1.54, 1.807) is 4.90 Å². The number of hydrogen-bond donors (Lipinski definition) is 1. The van der Waals surface area contributed by atoms with Crippen molar-refractivity contribution in [2.75, 3.05) is 26.2 Å². The number of benzene rings is 2. The van der Waals surface area contributed by atoms with Crippen molar-refractivity contribution in [1.82, 2.24) is 4.90 Å². The lowest BCUT2D eigenvalue weighted by Crippen LogP contribution is -2.30. The average molecular weight is 409 g/mol. The Hall–Kier alpha value is -2.15. The van der Waals surface area contributed by atoms with Crippen molar-refractivity contribution < 1.29 is 18.7 Å². The van der Waals surface area contributed by atoms with E-state index in [2.05, 4.69) is 0 Å². The summed E-state index contributed by atoms with van der Waals surface area (Å²) in [7, 11) is 0. The van der Waals surface area contributed by atoms with E-state index >= 15 is 0 Å². The second-order valence-corrected chi connectivity index (χ2v) is 6.54. The zero-order chi connectivity index (χ0) is 19.2. The number of carbonyl (C=O) groups is 1. The molecule has 1 amide bonds. The van der Waals surface area contributed by atoms with Gasteiger partial charge in [0.05, 0.1) is 11.7 Å². The van der Waals surface area contributed by atoms with Gasteiger partial charge < -0.3 is 20.1 Å². The van der Waals surface area contributed by atoms with Crippen molar-refractivity contribution in [2.24, 2.45) is 5.73 Å². The number of hydrogen-bond acceptors (Lipinski definition) is 4. The first-order chi connectivity index (χ1) is 13.1. The molecule has 0 spiro atoms. The van der Waals surface area contributed by atoms with Crippen LogP contribution in [0.2, 0.25) is 0 Å². The Morgan fingerprint density at radius 3 is 2.61 bits per heavy atom. The summed E-state index contributed by atoms with van der Waals surface area (Å²) in [6, 6.07) is 11.8. The van der Waals surface area contributed by atoms with Crippen LogP contribution in [0.25, 0.3) is 0 Å². The molecule has 1 unspecified atom stereocenters. The van der Waals surface area contributed by atoms with Crippen molar-refractivity contribution in [3.05, 3.63) is 59.4 Å². The zero-order valence-electron chi connectivity index (χ0n) is 15.9. The average Bonchev–Trinajstić information content (AvgIpc) is 3.13. The summed E-state index contributed by atoms with van der Waals surface area (Å²) < 4.78 is 25.6. The second kappa shape index (κ2) is 10.4. The monoisotopic (exact) mass is 408 g/mol. The summed E-state index contributed by atoms with van der Waals surface area (Å²) in [5, 5.41) is 0. The number of nitrogens with two attached hydrogens (primary N) is 1. The third kappa shape index (κ3) is 5.44. The summed E-state index contributed by atoms with van der Waals surface area (Å²) in [6.45, 7) is 4.17. The van der Waals surface area contributed by atoms with Crippen LogP contribution in [-0.4, -0.2) is 43.2 Å². The third-order valence-corrected chi connectivity index (χ3v) is 4.59. The van der Waals surface area contributed by atoms with Gasteiger partial charge >= 0.3 is 0 Å². The normalized spacial score (nSPS) is 16.0. The van der Waals surface area contributed by atoms with E-state index < -0.39 is 5.82 Å². The van der Waals surface area contributed by atoms with Crippen LogP contribution < -0.4 is 10.5 Å². The summed E-state index contributed by atoms with van der Waals surface area (Å²) in [6.07, 6.45) is 1.59. The molecule has 2 N–H and O–H groups in total. The molecule has 0 saturated carbocycles. The van der Waals surface area contributed by atoms with E-state index in [0.29, 0.717) is 37.7 Å². The lowest BCUT2D eigenvalue weighted by atomic mass is 10.1. The first-order valence-electron chi connectivity index (χ1n) is 9.28. The SMILES string of the molecule is CCOC1CCN(C(=O)c2cc(Oc3ccc(CCN)cc3)ccc2F)C1.Cl. The lowest BCUT2D eigenvalue weighted by molar-refractivity contribution is 0.0595. The summed E-state index contributed by atoms with van der Waals surface area (Å²) in [4.78, 5) is 14.3. The molecule has 1 saturated heterocycles. The maximum absolute atomic E-state index is 14.2. The minimum Gasteiger partial charge on any atom is -0.457 e. The molecule has 3 rings (SSSR count). The van der Waals surface area contributed by atoms with Gasteiger partial charge in [-0.1, -0.05) is 12.1 Å². The van der Waals surface area contributed by atoms with Gasteiger partial charge in [0.2, 0.25) is 0 Å². The van der Waals surface area contributed by atoms with E-state index in [9.17, 15) is 9.18 Å². The van der Waals surface area contributed by atoms with Gasteiger partial charge in [-0.3, -0.25) is 4.79 Å². The second-order valence-electron chi connectivity index (χ2n) is 6.54. The fraction of sp³-hybridized carbons (Fsp3) is 0.381. The molecule has 0 radical (unpaired) electrons. The minimum absolute atomic E-state index is 0. The predicted octanol–water partition coefficient (Wildman–Crippen LogP) is 3.79. The number of rotatable bonds is 7. The molecule has 1 heterocycles. The summed E-state index contributed by atoms with van der Waals surface area (Å²) in [5.74, 6) is 0.161. The van der Waals surface area contributed by atoms with E-state index in [1.807, 2.05) is 31.2 Å². The first-order valence-corrected chi connectivity index (χ1v) is 9.28. The molecule has 2 aromatic carbocycles. The van der Waals surface area contributed by atoms with Gasteiger partial charge in [0.1, 0.15) is 17.3 Å².